The van der Waals surface area contributed by atoms with Crippen molar-refractivity contribution in [1.82, 2.24) is 5.32 Å². The molecule has 1 atom stereocenters. The molecule has 0 radical (unpaired) electrons. The fraction of sp³-hybridized carbons (Fsp3) is 1.00. The zero-order chi connectivity index (χ0) is 15.1. The maximum Gasteiger partial charge on any atom is 0.0897 e. The number of β-amino-alcohol motifs (C(OH)–C–C–N with tert-alkyl or cyclic N) is 1. The molecule has 1 unspecified atom stereocenters. The Bertz CT molecular complexity index is 325. The molecular formula is C18H33NO2. The Balaban J connectivity index is 1.41. The SMILES string of the molecule is CC(C)(C)NCC(O)COCC12CC3CC(CC(C3)C1)C2. The van der Waals surface area contributed by atoms with E-state index in [0.29, 0.717) is 18.6 Å². The van der Waals surface area contributed by atoms with Crippen molar-refractivity contribution in [2.24, 2.45) is 23.2 Å². The molecule has 122 valence electrons. The third-order valence-corrected chi connectivity index (χ3v) is 5.75. The molecule has 2 N–H and O–H groups in total. The second-order valence-corrected chi connectivity index (χ2v) is 9.22. The molecule has 4 aliphatic carbocycles. The predicted octanol–water partition coefficient (Wildman–Crippen LogP) is 2.97. The third kappa shape index (κ3) is 4.00. The van der Waals surface area contributed by atoms with Crippen molar-refractivity contribution in [3.05, 3.63) is 0 Å². The van der Waals surface area contributed by atoms with E-state index in [1.165, 1.54) is 38.5 Å². The van der Waals surface area contributed by atoms with Crippen LogP contribution in [-0.2, 0) is 4.74 Å². The summed E-state index contributed by atoms with van der Waals surface area (Å²) in [4.78, 5) is 0. The van der Waals surface area contributed by atoms with E-state index < -0.39 is 6.10 Å². The maximum absolute atomic E-state index is 10.0. The van der Waals surface area contributed by atoms with Crippen LogP contribution in [0.25, 0.3) is 0 Å². The Hall–Kier alpha value is -0.120. The highest BCUT2D eigenvalue weighted by atomic mass is 16.5. The Morgan fingerprint density at radius 2 is 1.62 bits per heavy atom. The Labute approximate surface area is 129 Å². The lowest BCUT2D eigenvalue weighted by molar-refractivity contribution is -0.105. The number of hydrogen-bond donors (Lipinski definition) is 2. The molecule has 0 amide bonds. The molecule has 3 heteroatoms. The topological polar surface area (TPSA) is 41.5 Å². The van der Waals surface area contributed by atoms with Crippen LogP contribution in [0.1, 0.15) is 59.3 Å². The van der Waals surface area contributed by atoms with E-state index in [1.807, 2.05) is 0 Å². The van der Waals surface area contributed by atoms with Gasteiger partial charge in [0, 0.05) is 12.1 Å². The van der Waals surface area contributed by atoms with E-state index in [2.05, 4.69) is 26.1 Å². The Morgan fingerprint density at radius 1 is 1.10 bits per heavy atom. The van der Waals surface area contributed by atoms with Gasteiger partial charge < -0.3 is 15.2 Å². The van der Waals surface area contributed by atoms with Crippen LogP contribution in [0.4, 0.5) is 0 Å². The minimum atomic E-state index is -0.391. The highest BCUT2D eigenvalue weighted by Gasteiger charge is 2.50. The van der Waals surface area contributed by atoms with E-state index in [0.717, 1.165) is 24.4 Å². The molecule has 4 bridgehead atoms. The molecule has 0 aromatic carbocycles. The molecule has 0 saturated heterocycles. The second-order valence-electron chi connectivity index (χ2n) is 9.22. The van der Waals surface area contributed by atoms with Crippen LogP contribution in [0.3, 0.4) is 0 Å². The molecule has 4 aliphatic rings. The van der Waals surface area contributed by atoms with Gasteiger partial charge in [-0.3, -0.25) is 0 Å². The highest BCUT2D eigenvalue weighted by molar-refractivity contribution is 5.01. The minimum Gasteiger partial charge on any atom is -0.389 e. The van der Waals surface area contributed by atoms with Gasteiger partial charge in [0.15, 0.2) is 0 Å². The molecule has 4 saturated carbocycles. The summed E-state index contributed by atoms with van der Waals surface area (Å²) in [5.41, 5.74) is 0.521. The first-order valence-corrected chi connectivity index (χ1v) is 8.84. The van der Waals surface area contributed by atoms with Crippen molar-refractivity contribution in [3.8, 4) is 0 Å². The predicted molar refractivity (Wildman–Crippen MR) is 85.2 cm³/mol. The summed E-state index contributed by atoms with van der Waals surface area (Å²) in [5, 5.41) is 13.4. The summed E-state index contributed by atoms with van der Waals surface area (Å²) in [6, 6.07) is 0. The fourth-order valence-electron chi connectivity index (χ4n) is 5.36. The molecule has 21 heavy (non-hydrogen) atoms. The summed E-state index contributed by atoms with van der Waals surface area (Å²) in [7, 11) is 0. The molecule has 0 aromatic rings. The van der Waals surface area contributed by atoms with Gasteiger partial charge in [-0.05, 0) is 82.5 Å². The van der Waals surface area contributed by atoms with Gasteiger partial charge in [-0.15, -0.1) is 0 Å². The molecule has 3 nitrogen and oxygen atoms in total. The number of ether oxygens (including phenoxy) is 1. The van der Waals surface area contributed by atoms with Gasteiger partial charge in [-0.2, -0.15) is 0 Å². The lowest BCUT2D eigenvalue weighted by Crippen LogP contribution is -2.48. The van der Waals surface area contributed by atoms with E-state index in [-0.39, 0.29) is 5.54 Å². The van der Waals surface area contributed by atoms with Gasteiger partial charge in [0.25, 0.3) is 0 Å². The number of aliphatic hydroxyl groups excluding tert-OH is 1. The van der Waals surface area contributed by atoms with Crippen LogP contribution >= 0.6 is 0 Å². The lowest BCUT2D eigenvalue weighted by Gasteiger charge is -2.56. The quantitative estimate of drug-likeness (QED) is 0.791. The van der Waals surface area contributed by atoms with Crippen LogP contribution in [0, 0.1) is 23.2 Å². The lowest BCUT2D eigenvalue weighted by atomic mass is 9.50. The number of hydrogen-bond acceptors (Lipinski definition) is 3. The van der Waals surface area contributed by atoms with Gasteiger partial charge in [0.05, 0.1) is 19.3 Å². The average Bonchev–Trinajstić information content (AvgIpc) is 2.33. The highest BCUT2D eigenvalue weighted by Crippen LogP contribution is 2.59. The van der Waals surface area contributed by atoms with E-state index in [1.54, 1.807) is 0 Å². The van der Waals surface area contributed by atoms with Gasteiger partial charge >= 0.3 is 0 Å². The summed E-state index contributed by atoms with van der Waals surface area (Å²) in [6.45, 7) is 8.33. The molecule has 4 fully saturated rings. The fourth-order valence-corrected chi connectivity index (χ4v) is 5.36. The smallest absolute Gasteiger partial charge is 0.0897 e. The Kier molecular flexibility index (Phi) is 4.37. The zero-order valence-corrected chi connectivity index (χ0v) is 14.0. The molecule has 0 heterocycles. The number of rotatable bonds is 6. The van der Waals surface area contributed by atoms with Crippen molar-refractivity contribution in [1.29, 1.82) is 0 Å². The molecule has 4 rings (SSSR count). The van der Waals surface area contributed by atoms with E-state index in [9.17, 15) is 5.11 Å². The molecule has 0 aliphatic heterocycles. The largest absolute Gasteiger partial charge is 0.389 e. The summed E-state index contributed by atoms with van der Waals surface area (Å²) in [6.07, 6.45) is 8.21. The van der Waals surface area contributed by atoms with Crippen molar-refractivity contribution < 1.29 is 9.84 Å². The van der Waals surface area contributed by atoms with E-state index >= 15 is 0 Å². The first kappa shape index (κ1) is 15.8. The van der Waals surface area contributed by atoms with E-state index in [4.69, 9.17) is 4.74 Å². The number of aliphatic hydroxyl groups is 1. The minimum absolute atomic E-state index is 0.0565. The molecule has 0 aromatic heterocycles. The first-order chi connectivity index (χ1) is 9.84. The van der Waals surface area contributed by atoms with Crippen LogP contribution in [-0.4, -0.2) is 36.5 Å². The standard InChI is InChI=1S/C18H33NO2/c1-17(2,3)19-10-16(20)11-21-12-18-7-13-4-14(8-18)6-15(5-13)9-18/h13-16,19-20H,4-12H2,1-3H3. The Morgan fingerprint density at radius 3 is 2.10 bits per heavy atom. The van der Waals surface area contributed by atoms with Crippen molar-refractivity contribution in [2.45, 2.75) is 70.9 Å². The van der Waals surface area contributed by atoms with Gasteiger partial charge in [-0.25, -0.2) is 0 Å². The maximum atomic E-state index is 10.0. The molecular weight excluding hydrogens is 262 g/mol. The van der Waals surface area contributed by atoms with Crippen LogP contribution < -0.4 is 5.32 Å². The summed E-state index contributed by atoms with van der Waals surface area (Å²) >= 11 is 0. The van der Waals surface area contributed by atoms with Crippen LogP contribution in [0.15, 0.2) is 0 Å². The summed E-state index contributed by atoms with van der Waals surface area (Å²) < 4.78 is 5.96. The monoisotopic (exact) mass is 295 g/mol. The summed E-state index contributed by atoms with van der Waals surface area (Å²) in [5.74, 6) is 2.94. The zero-order valence-electron chi connectivity index (χ0n) is 14.0. The van der Waals surface area contributed by atoms with Gasteiger partial charge in [-0.1, -0.05) is 0 Å². The van der Waals surface area contributed by atoms with Crippen LogP contribution in [0.5, 0.6) is 0 Å². The van der Waals surface area contributed by atoms with Crippen molar-refractivity contribution in [3.63, 3.8) is 0 Å². The van der Waals surface area contributed by atoms with Crippen molar-refractivity contribution >= 4 is 0 Å². The molecule has 0 spiro atoms. The van der Waals surface area contributed by atoms with Crippen LogP contribution in [0.2, 0.25) is 0 Å². The second kappa shape index (κ2) is 5.82. The average molecular weight is 295 g/mol. The van der Waals surface area contributed by atoms with Gasteiger partial charge in [0.2, 0.25) is 0 Å². The number of nitrogens with one attached hydrogen (secondary N) is 1. The third-order valence-electron chi connectivity index (χ3n) is 5.75. The normalized spacial score (nSPS) is 39.7. The van der Waals surface area contributed by atoms with Gasteiger partial charge in [0.1, 0.15) is 0 Å². The van der Waals surface area contributed by atoms with Crippen molar-refractivity contribution in [2.75, 3.05) is 19.8 Å². The first-order valence-electron chi connectivity index (χ1n) is 8.84.